The van der Waals surface area contributed by atoms with Crippen LogP contribution in [0.5, 0.6) is 0 Å². The molecule has 1 aliphatic heterocycles. The molecular weight excluding hydrogens is 343 g/mol. The number of nitrogens with one attached hydrogen (secondary N) is 1. The summed E-state index contributed by atoms with van der Waals surface area (Å²) in [5.74, 6) is 0.874. The zero-order valence-corrected chi connectivity index (χ0v) is 15.5. The standard InChI is InChI=1S/C17H23FN4S2/c1-22-10-3-2-4-15(22)9-11-23-17-21-20-16(24-17)19-12-13-5-7-14(18)8-6-13/h5-8,15H,2-4,9-12H2,1H3,(H,19,20). The molecule has 24 heavy (non-hydrogen) atoms. The Morgan fingerprint density at radius 2 is 2.12 bits per heavy atom. The molecule has 0 aliphatic carbocycles. The predicted molar refractivity (Wildman–Crippen MR) is 99.2 cm³/mol. The molecule has 0 spiro atoms. The number of piperidine rings is 1. The van der Waals surface area contributed by atoms with Crippen LogP contribution >= 0.6 is 23.1 Å². The third-order valence-corrected chi connectivity index (χ3v) is 6.41. The summed E-state index contributed by atoms with van der Waals surface area (Å²) in [6, 6.07) is 7.22. The highest BCUT2D eigenvalue weighted by Gasteiger charge is 2.18. The Morgan fingerprint density at radius 3 is 2.92 bits per heavy atom. The van der Waals surface area contributed by atoms with Gasteiger partial charge in [-0.05, 0) is 50.6 Å². The fourth-order valence-corrected chi connectivity index (χ4v) is 4.77. The normalized spacial score (nSPS) is 18.7. The first-order chi connectivity index (χ1) is 11.7. The number of aromatic nitrogens is 2. The summed E-state index contributed by atoms with van der Waals surface area (Å²) in [6.45, 7) is 1.86. The Morgan fingerprint density at radius 1 is 1.29 bits per heavy atom. The largest absolute Gasteiger partial charge is 0.356 e. The molecule has 0 saturated carbocycles. The molecule has 2 heterocycles. The lowest BCUT2D eigenvalue weighted by atomic mass is 10.0. The third kappa shape index (κ3) is 5.16. The van der Waals surface area contributed by atoms with E-state index in [1.165, 1.54) is 44.4 Å². The van der Waals surface area contributed by atoms with Gasteiger partial charge >= 0.3 is 0 Å². The van der Waals surface area contributed by atoms with Crippen molar-refractivity contribution in [2.45, 2.75) is 42.6 Å². The van der Waals surface area contributed by atoms with Crippen LogP contribution in [0.1, 0.15) is 31.2 Å². The molecule has 2 aromatic rings. The molecule has 3 rings (SSSR count). The van der Waals surface area contributed by atoms with E-state index in [1.807, 2.05) is 0 Å². The molecule has 0 radical (unpaired) electrons. The summed E-state index contributed by atoms with van der Waals surface area (Å²) in [4.78, 5) is 2.49. The topological polar surface area (TPSA) is 41.1 Å². The van der Waals surface area contributed by atoms with Crippen LogP contribution in [0.4, 0.5) is 9.52 Å². The van der Waals surface area contributed by atoms with Crippen molar-refractivity contribution >= 4 is 28.2 Å². The van der Waals surface area contributed by atoms with Crippen LogP contribution in [0.2, 0.25) is 0 Å². The average molecular weight is 367 g/mol. The van der Waals surface area contributed by atoms with E-state index in [1.54, 1.807) is 35.2 Å². The number of nitrogens with zero attached hydrogens (tertiary/aromatic N) is 3. The van der Waals surface area contributed by atoms with Crippen molar-refractivity contribution in [1.82, 2.24) is 15.1 Å². The van der Waals surface area contributed by atoms with Gasteiger partial charge in [0.15, 0.2) is 4.34 Å². The van der Waals surface area contributed by atoms with Gasteiger partial charge in [-0.2, -0.15) is 0 Å². The number of rotatable bonds is 7. The van der Waals surface area contributed by atoms with Gasteiger partial charge in [0.2, 0.25) is 5.13 Å². The van der Waals surface area contributed by atoms with Gasteiger partial charge in [0.1, 0.15) is 5.82 Å². The van der Waals surface area contributed by atoms with Crippen LogP contribution in [0, 0.1) is 5.82 Å². The Bertz CT molecular complexity index is 632. The minimum absolute atomic E-state index is 0.211. The predicted octanol–water partition coefficient (Wildman–Crippen LogP) is 4.26. The van der Waals surface area contributed by atoms with E-state index >= 15 is 0 Å². The average Bonchev–Trinajstić information content (AvgIpc) is 3.04. The molecule has 1 saturated heterocycles. The molecule has 1 N–H and O–H groups in total. The number of benzene rings is 1. The minimum atomic E-state index is -0.211. The second kappa shape index (κ2) is 8.78. The number of halogens is 1. The molecule has 4 nitrogen and oxygen atoms in total. The van der Waals surface area contributed by atoms with E-state index < -0.39 is 0 Å². The molecule has 1 fully saturated rings. The van der Waals surface area contributed by atoms with Crippen LogP contribution < -0.4 is 5.32 Å². The molecule has 1 aromatic heterocycles. The SMILES string of the molecule is CN1CCCCC1CCSc1nnc(NCc2ccc(F)cc2)s1. The van der Waals surface area contributed by atoms with E-state index in [-0.39, 0.29) is 5.82 Å². The summed E-state index contributed by atoms with van der Waals surface area (Å²) in [5, 5.41) is 12.5. The lowest BCUT2D eigenvalue weighted by Gasteiger charge is -2.32. The van der Waals surface area contributed by atoms with Crippen molar-refractivity contribution < 1.29 is 4.39 Å². The molecule has 7 heteroatoms. The zero-order valence-electron chi connectivity index (χ0n) is 13.9. The monoisotopic (exact) mass is 366 g/mol. The Balaban J connectivity index is 1.41. The Labute approximate surface area is 150 Å². The highest BCUT2D eigenvalue weighted by molar-refractivity contribution is 8.01. The summed E-state index contributed by atoms with van der Waals surface area (Å²) in [7, 11) is 2.23. The maximum atomic E-state index is 12.9. The maximum Gasteiger partial charge on any atom is 0.206 e. The van der Waals surface area contributed by atoms with Crippen LogP contribution in [0.3, 0.4) is 0 Å². The first kappa shape index (κ1) is 17.6. The fraction of sp³-hybridized carbons (Fsp3) is 0.529. The van der Waals surface area contributed by atoms with E-state index in [2.05, 4.69) is 27.5 Å². The number of likely N-dealkylation sites (tertiary alicyclic amines) is 1. The maximum absolute atomic E-state index is 12.9. The van der Waals surface area contributed by atoms with Gasteiger partial charge in [-0.25, -0.2) is 4.39 Å². The lowest BCUT2D eigenvalue weighted by Crippen LogP contribution is -2.36. The van der Waals surface area contributed by atoms with E-state index in [4.69, 9.17) is 0 Å². The van der Waals surface area contributed by atoms with Gasteiger partial charge < -0.3 is 10.2 Å². The van der Waals surface area contributed by atoms with Crippen molar-refractivity contribution in [3.63, 3.8) is 0 Å². The van der Waals surface area contributed by atoms with Crippen LogP contribution in [-0.2, 0) is 6.54 Å². The molecule has 0 amide bonds. The highest BCUT2D eigenvalue weighted by atomic mass is 32.2. The molecule has 130 valence electrons. The quantitative estimate of drug-likeness (QED) is 0.742. The molecule has 1 aliphatic rings. The Hall–Kier alpha value is -1.18. The van der Waals surface area contributed by atoms with Gasteiger partial charge in [-0.3, -0.25) is 0 Å². The second-order valence-electron chi connectivity index (χ2n) is 6.12. The lowest BCUT2D eigenvalue weighted by molar-refractivity contribution is 0.182. The summed E-state index contributed by atoms with van der Waals surface area (Å²) in [6.07, 6.45) is 5.21. The smallest absolute Gasteiger partial charge is 0.206 e. The van der Waals surface area contributed by atoms with Crippen LogP contribution in [0.25, 0.3) is 0 Å². The van der Waals surface area contributed by atoms with Crippen molar-refractivity contribution in [2.24, 2.45) is 0 Å². The number of anilines is 1. The van der Waals surface area contributed by atoms with Crippen molar-refractivity contribution in [1.29, 1.82) is 0 Å². The number of hydrogen-bond donors (Lipinski definition) is 1. The first-order valence-corrected chi connectivity index (χ1v) is 10.2. The van der Waals surface area contributed by atoms with E-state index in [0.29, 0.717) is 6.54 Å². The van der Waals surface area contributed by atoms with E-state index in [9.17, 15) is 4.39 Å². The van der Waals surface area contributed by atoms with Gasteiger partial charge in [0, 0.05) is 18.3 Å². The molecule has 1 unspecified atom stereocenters. The number of hydrogen-bond acceptors (Lipinski definition) is 6. The number of thioether (sulfide) groups is 1. The van der Waals surface area contributed by atoms with Gasteiger partial charge in [0.25, 0.3) is 0 Å². The molecule has 1 aromatic carbocycles. The van der Waals surface area contributed by atoms with E-state index in [0.717, 1.165) is 26.8 Å². The van der Waals surface area contributed by atoms with Crippen molar-refractivity contribution in [2.75, 3.05) is 24.7 Å². The van der Waals surface area contributed by atoms with Gasteiger partial charge in [-0.1, -0.05) is 41.7 Å². The Kier molecular flexibility index (Phi) is 6.45. The fourth-order valence-electron chi connectivity index (χ4n) is 2.91. The van der Waals surface area contributed by atoms with Gasteiger partial charge in [0.05, 0.1) is 0 Å². The van der Waals surface area contributed by atoms with Crippen molar-refractivity contribution in [3.05, 3.63) is 35.6 Å². The third-order valence-electron chi connectivity index (χ3n) is 4.36. The zero-order chi connectivity index (χ0) is 16.8. The van der Waals surface area contributed by atoms with Crippen molar-refractivity contribution in [3.8, 4) is 0 Å². The summed E-state index contributed by atoms with van der Waals surface area (Å²) >= 11 is 3.37. The summed E-state index contributed by atoms with van der Waals surface area (Å²) in [5.41, 5.74) is 1.03. The first-order valence-electron chi connectivity index (χ1n) is 8.35. The molecule has 0 bridgehead atoms. The van der Waals surface area contributed by atoms with Crippen LogP contribution in [-0.4, -0.2) is 40.5 Å². The molecular formula is C17H23FN4S2. The van der Waals surface area contributed by atoms with Gasteiger partial charge in [-0.15, -0.1) is 10.2 Å². The second-order valence-corrected chi connectivity index (χ2v) is 8.44. The highest BCUT2D eigenvalue weighted by Crippen LogP contribution is 2.28. The minimum Gasteiger partial charge on any atom is -0.356 e. The summed E-state index contributed by atoms with van der Waals surface area (Å²) < 4.78 is 13.9. The van der Waals surface area contributed by atoms with Crippen LogP contribution in [0.15, 0.2) is 28.6 Å². The molecule has 1 atom stereocenters.